The molecule has 0 spiro atoms. The number of nitrogens with zero attached hydrogens (tertiary/aromatic N) is 1. The van der Waals surface area contributed by atoms with Crippen LogP contribution >= 0.6 is 11.3 Å². The average molecular weight is 292 g/mol. The van der Waals surface area contributed by atoms with E-state index in [0.29, 0.717) is 25.4 Å². The Hall–Kier alpha value is -1.92. The first-order valence-electron chi connectivity index (χ1n) is 6.23. The molecule has 0 unspecified atom stereocenters. The molecule has 2 rings (SSSR count). The molecule has 0 aliphatic heterocycles. The Morgan fingerprint density at radius 3 is 3.05 bits per heavy atom. The van der Waals surface area contributed by atoms with Crippen molar-refractivity contribution in [3.8, 4) is 5.75 Å². The van der Waals surface area contributed by atoms with Gasteiger partial charge in [0.2, 0.25) is 0 Å². The van der Waals surface area contributed by atoms with Crippen molar-refractivity contribution in [1.82, 2.24) is 10.3 Å². The number of carboxylic acids is 1. The smallest absolute Gasteiger partial charge is 0.335 e. The van der Waals surface area contributed by atoms with Gasteiger partial charge < -0.3 is 15.2 Å². The third-order valence-corrected chi connectivity index (χ3v) is 3.42. The summed E-state index contributed by atoms with van der Waals surface area (Å²) in [7, 11) is 0. The molecule has 1 heterocycles. The van der Waals surface area contributed by atoms with Crippen LogP contribution in [0.5, 0.6) is 5.75 Å². The second-order valence-electron chi connectivity index (χ2n) is 4.22. The number of rotatable bonds is 7. The minimum Gasteiger partial charge on any atom is -0.492 e. The molecular formula is C14H16N2O3S. The molecule has 0 bridgehead atoms. The lowest BCUT2D eigenvalue weighted by atomic mass is 10.2. The zero-order valence-electron chi connectivity index (χ0n) is 11.1. The molecule has 2 N–H and O–H groups in total. The number of aromatic nitrogens is 1. The van der Waals surface area contributed by atoms with E-state index in [1.165, 1.54) is 12.1 Å². The van der Waals surface area contributed by atoms with E-state index in [-0.39, 0.29) is 5.56 Å². The first kappa shape index (κ1) is 14.5. The van der Waals surface area contributed by atoms with E-state index in [0.717, 1.165) is 10.7 Å². The Labute approximate surface area is 121 Å². The van der Waals surface area contributed by atoms with Gasteiger partial charge in [-0.15, -0.1) is 11.3 Å². The van der Waals surface area contributed by atoms with E-state index < -0.39 is 5.97 Å². The normalized spacial score (nSPS) is 10.4. The van der Waals surface area contributed by atoms with E-state index in [4.69, 9.17) is 9.84 Å². The summed E-state index contributed by atoms with van der Waals surface area (Å²) in [6.07, 6.45) is 0. The molecule has 0 saturated heterocycles. The highest BCUT2D eigenvalue weighted by Gasteiger charge is 2.03. The summed E-state index contributed by atoms with van der Waals surface area (Å²) in [5.74, 6) is -0.385. The van der Waals surface area contributed by atoms with E-state index in [9.17, 15) is 4.79 Å². The Bertz CT molecular complexity index is 583. The molecule has 0 atom stereocenters. The molecule has 2 aromatic rings. The quantitative estimate of drug-likeness (QED) is 0.766. The topological polar surface area (TPSA) is 71.5 Å². The minimum atomic E-state index is -0.951. The maximum atomic E-state index is 10.8. The second-order valence-corrected chi connectivity index (χ2v) is 5.28. The molecule has 0 aliphatic rings. The average Bonchev–Trinajstić information content (AvgIpc) is 2.84. The molecule has 0 fully saturated rings. The lowest BCUT2D eigenvalue weighted by Gasteiger charge is -2.07. The lowest BCUT2D eigenvalue weighted by molar-refractivity contribution is 0.0696. The zero-order chi connectivity index (χ0) is 14.4. The van der Waals surface area contributed by atoms with Crippen LogP contribution in [0, 0.1) is 6.92 Å². The van der Waals surface area contributed by atoms with Gasteiger partial charge in [0.25, 0.3) is 0 Å². The van der Waals surface area contributed by atoms with Crippen LogP contribution in [0.3, 0.4) is 0 Å². The van der Waals surface area contributed by atoms with Crippen LogP contribution < -0.4 is 10.1 Å². The van der Waals surface area contributed by atoms with Crippen molar-refractivity contribution in [2.75, 3.05) is 13.2 Å². The van der Waals surface area contributed by atoms with E-state index >= 15 is 0 Å². The van der Waals surface area contributed by atoms with Crippen molar-refractivity contribution in [2.45, 2.75) is 13.5 Å². The SMILES string of the molecule is Cc1nc(CNCCOc2cccc(C(=O)O)c2)cs1. The fraction of sp³-hybridized carbons (Fsp3) is 0.286. The molecule has 0 amide bonds. The molecule has 6 heteroatoms. The molecule has 106 valence electrons. The van der Waals surface area contributed by atoms with Crippen LogP contribution in [0.25, 0.3) is 0 Å². The Morgan fingerprint density at radius 1 is 1.50 bits per heavy atom. The van der Waals surface area contributed by atoms with E-state index in [1.54, 1.807) is 23.5 Å². The van der Waals surface area contributed by atoms with Crippen molar-refractivity contribution >= 4 is 17.3 Å². The van der Waals surface area contributed by atoms with Gasteiger partial charge in [-0.05, 0) is 25.1 Å². The van der Waals surface area contributed by atoms with Crippen molar-refractivity contribution in [1.29, 1.82) is 0 Å². The monoisotopic (exact) mass is 292 g/mol. The van der Waals surface area contributed by atoms with Gasteiger partial charge in [-0.25, -0.2) is 9.78 Å². The summed E-state index contributed by atoms with van der Waals surface area (Å²) >= 11 is 1.63. The molecule has 20 heavy (non-hydrogen) atoms. The summed E-state index contributed by atoms with van der Waals surface area (Å²) in [4.78, 5) is 15.2. The highest BCUT2D eigenvalue weighted by molar-refractivity contribution is 7.09. The summed E-state index contributed by atoms with van der Waals surface area (Å²) in [6, 6.07) is 6.48. The summed E-state index contributed by atoms with van der Waals surface area (Å²) < 4.78 is 5.50. The van der Waals surface area contributed by atoms with Gasteiger partial charge in [0, 0.05) is 18.5 Å². The van der Waals surface area contributed by atoms with Gasteiger partial charge in [0.1, 0.15) is 12.4 Å². The minimum absolute atomic E-state index is 0.230. The molecule has 1 aromatic carbocycles. The van der Waals surface area contributed by atoms with E-state index in [1.807, 2.05) is 12.3 Å². The van der Waals surface area contributed by atoms with Crippen LogP contribution in [-0.2, 0) is 6.54 Å². The van der Waals surface area contributed by atoms with Gasteiger partial charge in [-0.1, -0.05) is 6.07 Å². The summed E-state index contributed by atoms with van der Waals surface area (Å²) in [5.41, 5.74) is 1.26. The van der Waals surface area contributed by atoms with Crippen LogP contribution in [0.4, 0.5) is 0 Å². The number of carbonyl (C=O) groups is 1. The van der Waals surface area contributed by atoms with Crippen molar-refractivity contribution in [3.63, 3.8) is 0 Å². The van der Waals surface area contributed by atoms with Gasteiger partial charge >= 0.3 is 5.97 Å². The molecule has 1 aromatic heterocycles. The largest absolute Gasteiger partial charge is 0.492 e. The van der Waals surface area contributed by atoms with Gasteiger partial charge in [0.15, 0.2) is 0 Å². The third-order valence-electron chi connectivity index (χ3n) is 2.60. The maximum Gasteiger partial charge on any atom is 0.335 e. The number of ether oxygens (including phenoxy) is 1. The molecule has 0 saturated carbocycles. The fourth-order valence-corrected chi connectivity index (χ4v) is 2.28. The van der Waals surface area contributed by atoms with Crippen molar-refractivity contribution in [2.24, 2.45) is 0 Å². The van der Waals surface area contributed by atoms with E-state index in [2.05, 4.69) is 10.3 Å². The number of thiazole rings is 1. The summed E-state index contributed by atoms with van der Waals surface area (Å²) in [5, 5.41) is 15.2. The predicted octanol–water partition coefficient (Wildman–Crippen LogP) is 2.32. The van der Waals surface area contributed by atoms with Crippen LogP contribution in [0.1, 0.15) is 21.1 Å². The van der Waals surface area contributed by atoms with Crippen LogP contribution in [-0.4, -0.2) is 29.2 Å². The Kier molecular flexibility index (Phi) is 5.09. The molecular weight excluding hydrogens is 276 g/mol. The number of aryl methyl sites for hydroxylation is 1. The van der Waals surface area contributed by atoms with Crippen molar-refractivity contribution < 1.29 is 14.6 Å². The molecule has 5 nitrogen and oxygen atoms in total. The zero-order valence-corrected chi connectivity index (χ0v) is 11.9. The Morgan fingerprint density at radius 2 is 2.35 bits per heavy atom. The standard InChI is InChI=1S/C14H16N2O3S/c1-10-16-12(9-20-10)8-15-5-6-19-13-4-2-3-11(7-13)14(17)18/h2-4,7,9,15H,5-6,8H2,1H3,(H,17,18). The van der Waals surface area contributed by atoms with Crippen LogP contribution in [0.15, 0.2) is 29.6 Å². The number of nitrogens with one attached hydrogen (secondary N) is 1. The van der Waals surface area contributed by atoms with Gasteiger partial charge in [-0.2, -0.15) is 0 Å². The molecule has 0 aliphatic carbocycles. The number of aromatic carboxylic acids is 1. The van der Waals surface area contributed by atoms with Crippen molar-refractivity contribution in [3.05, 3.63) is 45.9 Å². The number of hydrogen-bond donors (Lipinski definition) is 2. The summed E-state index contributed by atoms with van der Waals surface area (Å²) in [6.45, 7) is 3.84. The van der Waals surface area contributed by atoms with Gasteiger partial charge in [0.05, 0.1) is 16.3 Å². The highest BCUT2D eigenvalue weighted by Crippen LogP contribution is 2.13. The number of carboxylic acid groups (broad SMARTS) is 1. The first-order valence-corrected chi connectivity index (χ1v) is 7.11. The maximum absolute atomic E-state index is 10.8. The highest BCUT2D eigenvalue weighted by atomic mass is 32.1. The first-order chi connectivity index (χ1) is 9.65. The van der Waals surface area contributed by atoms with Crippen LogP contribution in [0.2, 0.25) is 0 Å². The molecule has 0 radical (unpaired) electrons. The second kappa shape index (κ2) is 7.02. The lowest BCUT2D eigenvalue weighted by Crippen LogP contribution is -2.20. The number of benzene rings is 1. The van der Waals surface area contributed by atoms with Gasteiger partial charge in [-0.3, -0.25) is 0 Å². The fourth-order valence-electron chi connectivity index (χ4n) is 1.67. The Balaban J connectivity index is 1.70. The number of hydrogen-bond acceptors (Lipinski definition) is 5. The predicted molar refractivity (Wildman–Crippen MR) is 77.5 cm³/mol. The third kappa shape index (κ3) is 4.32.